The summed E-state index contributed by atoms with van der Waals surface area (Å²) >= 11 is 0. The molecular formula is C26H25F3N4O. The summed E-state index contributed by atoms with van der Waals surface area (Å²) in [6.45, 7) is 0.0231. The number of benzene rings is 2. The number of hydrogen-bond donors (Lipinski definition) is 1. The lowest BCUT2D eigenvalue weighted by atomic mass is 9.95. The molecule has 1 saturated carbocycles. The average Bonchev–Trinajstić information content (AvgIpc) is 3.40. The van der Waals surface area contributed by atoms with E-state index in [9.17, 15) is 18.0 Å². The lowest BCUT2D eigenvalue weighted by molar-refractivity contribution is 0.0929. The van der Waals surface area contributed by atoms with Crippen LogP contribution in [-0.4, -0.2) is 26.3 Å². The predicted octanol–water partition coefficient (Wildman–Crippen LogP) is 5.57. The van der Waals surface area contributed by atoms with Crippen molar-refractivity contribution in [3.63, 3.8) is 0 Å². The van der Waals surface area contributed by atoms with Crippen molar-refractivity contribution in [3.05, 3.63) is 77.5 Å². The highest BCUT2D eigenvalue weighted by atomic mass is 19.1. The van der Waals surface area contributed by atoms with Gasteiger partial charge in [0, 0.05) is 48.1 Å². The molecule has 5 rings (SSSR count). The maximum Gasteiger partial charge on any atom is 0.253 e. The number of carbonyl (C=O) groups is 1. The molecule has 0 aliphatic heterocycles. The molecule has 0 radical (unpaired) electrons. The van der Waals surface area contributed by atoms with Crippen LogP contribution in [0.4, 0.5) is 13.2 Å². The zero-order chi connectivity index (χ0) is 23.8. The molecule has 1 amide bonds. The standard InChI is InChI=1S/C26H25F3N4O/c1-32-13-18(12-30-32)16-7-8-17(22(28)9-16)14-33-15-21(25-23(29)10-19(27)11-24(25)33)26(34)31-20-5-3-2-4-6-20/h7-13,15,20H,2-6,14H2,1H3,(H,31,34). The van der Waals surface area contributed by atoms with Crippen LogP contribution in [0.25, 0.3) is 22.0 Å². The number of aryl methyl sites for hydroxylation is 1. The Morgan fingerprint density at radius 1 is 1.03 bits per heavy atom. The third kappa shape index (κ3) is 4.32. The Labute approximate surface area is 195 Å². The van der Waals surface area contributed by atoms with Crippen LogP contribution in [0.1, 0.15) is 48.0 Å². The fourth-order valence-electron chi connectivity index (χ4n) is 4.77. The Morgan fingerprint density at radius 3 is 2.53 bits per heavy atom. The molecule has 8 heteroatoms. The number of amides is 1. The average molecular weight is 467 g/mol. The second kappa shape index (κ2) is 9.00. The zero-order valence-corrected chi connectivity index (χ0v) is 18.8. The third-order valence-electron chi connectivity index (χ3n) is 6.51. The lowest BCUT2D eigenvalue weighted by Crippen LogP contribution is -2.36. The summed E-state index contributed by atoms with van der Waals surface area (Å²) in [4.78, 5) is 13.0. The van der Waals surface area contributed by atoms with Gasteiger partial charge in [0.2, 0.25) is 0 Å². The SMILES string of the molecule is Cn1cc(-c2ccc(Cn3cc(C(=O)NC4CCCCC4)c4c(F)cc(F)cc43)c(F)c2)cn1. The Balaban J connectivity index is 1.49. The van der Waals surface area contributed by atoms with Crippen molar-refractivity contribution in [3.8, 4) is 11.1 Å². The molecule has 1 fully saturated rings. The highest BCUT2D eigenvalue weighted by Gasteiger charge is 2.23. The molecule has 2 heterocycles. The van der Waals surface area contributed by atoms with E-state index in [0.29, 0.717) is 11.1 Å². The van der Waals surface area contributed by atoms with Gasteiger partial charge in [-0.3, -0.25) is 9.48 Å². The third-order valence-corrected chi connectivity index (χ3v) is 6.51. The normalized spacial score (nSPS) is 14.6. The number of rotatable bonds is 5. The van der Waals surface area contributed by atoms with E-state index in [0.717, 1.165) is 43.7 Å². The topological polar surface area (TPSA) is 51.9 Å². The predicted molar refractivity (Wildman–Crippen MR) is 124 cm³/mol. The van der Waals surface area contributed by atoms with Crippen molar-refractivity contribution in [2.75, 3.05) is 0 Å². The first-order valence-corrected chi connectivity index (χ1v) is 11.5. The smallest absolute Gasteiger partial charge is 0.253 e. The van der Waals surface area contributed by atoms with Crippen LogP contribution in [0.15, 0.2) is 48.9 Å². The van der Waals surface area contributed by atoms with Crippen LogP contribution < -0.4 is 5.32 Å². The van der Waals surface area contributed by atoms with Crippen molar-refractivity contribution in [1.29, 1.82) is 0 Å². The van der Waals surface area contributed by atoms with E-state index < -0.39 is 23.4 Å². The van der Waals surface area contributed by atoms with Gasteiger partial charge in [-0.25, -0.2) is 13.2 Å². The number of carbonyl (C=O) groups excluding carboxylic acids is 1. The van der Waals surface area contributed by atoms with E-state index in [4.69, 9.17) is 0 Å². The molecular weight excluding hydrogens is 441 g/mol. The summed E-state index contributed by atoms with van der Waals surface area (Å²) in [5, 5.41) is 7.14. The molecule has 0 saturated heterocycles. The van der Waals surface area contributed by atoms with Gasteiger partial charge in [0.1, 0.15) is 17.5 Å². The Morgan fingerprint density at radius 2 is 1.82 bits per heavy atom. The minimum Gasteiger partial charge on any atom is -0.349 e. The van der Waals surface area contributed by atoms with E-state index in [1.165, 1.54) is 22.9 Å². The van der Waals surface area contributed by atoms with Gasteiger partial charge in [-0.2, -0.15) is 5.10 Å². The van der Waals surface area contributed by atoms with E-state index in [1.807, 2.05) is 0 Å². The van der Waals surface area contributed by atoms with Crippen molar-refractivity contribution in [1.82, 2.24) is 19.7 Å². The molecule has 4 aromatic rings. The molecule has 5 nitrogen and oxygen atoms in total. The summed E-state index contributed by atoms with van der Waals surface area (Å²) in [5.41, 5.74) is 2.14. The quantitative estimate of drug-likeness (QED) is 0.418. The van der Waals surface area contributed by atoms with Gasteiger partial charge in [-0.05, 0) is 30.5 Å². The summed E-state index contributed by atoms with van der Waals surface area (Å²) in [5.74, 6) is -2.41. The maximum absolute atomic E-state index is 15.0. The van der Waals surface area contributed by atoms with E-state index in [2.05, 4.69) is 10.4 Å². The molecule has 1 aliphatic rings. The first kappa shape index (κ1) is 22.3. The van der Waals surface area contributed by atoms with Gasteiger partial charge < -0.3 is 9.88 Å². The number of halogens is 3. The lowest BCUT2D eigenvalue weighted by Gasteiger charge is -2.22. The van der Waals surface area contributed by atoms with Gasteiger partial charge in [-0.1, -0.05) is 31.4 Å². The second-order valence-electron chi connectivity index (χ2n) is 8.97. The molecule has 0 unspecified atom stereocenters. The number of hydrogen-bond acceptors (Lipinski definition) is 2. The number of fused-ring (bicyclic) bond motifs is 1. The number of aromatic nitrogens is 3. The van der Waals surface area contributed by atoms with Crippen LogP contribution in [-0.2, 0) is 13.6 Å². The fourth-order valence-corrected chi connectivity index (χ4v) is 4.77. The maximum atomic E-state index is 15.0. The first-order chi connectivity index (χ1) is 16.4. The summed E-state index contributed by atoms with van der Waals surface area (Å²) in [6, 6.07) is 6.82. The monoisotopic (exact) mass is 466 g/mol. The van der Waals surface area contributed by atoms with E-state index >= 15 is 0 Å². The van der Waals surface area contributed by atoms with Gasteiger partial charge in [0.25, 0.3) is 5.91 Å². The Kier molecular flexibility index (Phi) is 5.89. The second-order valence-corrected chi connectivity index (χ2v) is 8.97. The molecule has 1 N–H and O–H groups in total. The molecule has 34 heavy (non-hydrogen) atoms. The molecule has 0 bridgehead atoms. The van der Waals surface area contributed by atoms with Gasteiger partial charge in [0.15, 0.2) is 0 Å². The highest BCUT2D eigenvalue weighted by Crippen LogP contribution is 2.29. The summed E-state index contributed by atoms with van der Waals surface area (Å²) in [7, 11) is 1.78. The van der Waals surface area contributed by atoms with Crippen molar-refractivity contribution in [2.24, 2.45) is 7.05 Å². The van der Waals surface area contributed by atoms with Crippen LogP contribution in [0.5, 0.6) is 0 Å². The fraction of sp³-hybridized carbons (Fsp3) is 0.308. The van der Waals surface area contributed by atoms with Crippen LogP contribution in [0.3, 0.4) is 0 Å². The van der Waals surface area contributed by atoms with E-state index in [1.54, 1.807) is 36.3 Å². The van der Waals surface area contributed by atoms with Crippen LogP contribution >= 0.6 is 0 Å². The summed E-state index contributed by atoms with van der Waals surface area (Å²) in [6.07, 6.45) is 9.92. The molecule has 1 aliphatic carbocycles. The minimum atomic E-state index is -0.810. The molecule has 2 aromatic heterocycles. The Bertz CT molecular complexity index is 1370. The zero-order valence-electron chi connectivity index (χ0n) is 18.8. The van der Waals surface area contributed by atoms with E-state index in [-0.39, 0.29) is 29.1 Å². The molecule has 176 valence electrons. The van der Waals surface area contributed by atoms with Crippen molar-refractivity contribution < 1.29 is 18.0 Å². The number of nitrogens with zero attached hydrogens (tertiary/aromatic N) is 3. The minimum absolute atomic E-state index is 0.0231. The molecule has 2 aromatic carbocycles. The van der Waals surface area contributed by atoms with Gasteiger partial charge in [0.05, 0.1) is 23.8 Å². The van der Waals surface area contributed by atoms with Crippen LogP contribution in [0.2, 0.25) is 0 Å². The molecule has 0 atom stereocenters. The van der Waals surface area contributed by atoms with Gasteiger partial charge >= 0.3 is 0 Å². The Hall–Kier alpha value is -3.55. The van der Waals surface area contributed by atoms with Crippen molar-refractivity contribution >= 4 is 16.8 Å². The van der Waals surface area contributed by atoms with Crippen LogP contribution in [0, 0.1) is 17.5 Å². The first-order valence-electron chi connectivity index (χ1n) is 11.5. The molecule has 0 spiro atoms. The number of nitrogens with one attached hydrogen (secondary N) is 1. The largest absolute Gasteiger partial charge is 0.349 e. The van der Waals surface area contributed by atoms with Gasteiger partial charge in [-0.15, -0.1) is 0 Å². The highest BCUT2D eigenvalue weighted by molar-refractivity contribution is 6.07. The van der Waals surface area contributed by atoms with Crippen molar-refractivity contribution in [2.45, 2.75) is 44.7 Å². The summed E-state index contributed by atoms with van der Waals surface area (Å²) < 4.78 is 47.0.